The second-order valence-corrected chi connectivity index (χ2v) is 7.17. The number of phenolic OH excluding ortho intramolecular Hbond substituents is 1. The van der Waals surface area contributed by atoms with E-state index in [0.29, 0.717) is 16.7 Å². The first-order valence-corrected chi connectivity index (χ1v) is 9.12. The third-order valence-electron chi connectivity index (χ3n) is 4.43. The molecule has 1 aliphatic rings. The SMILES string of the molecule is O=Cc1cc(-c2cnc(-c3ccc(N4CCCC4)nc3)s2)cc(F)c1O. The normalized spacial score (nSPS) is 14.0. The highest BCUT2D eigenvalue weighted by atomic mass is 32.1. The molecule has 132 valence electrons. The van der Waals surface area contributed by atoms with Crippen LogP contribution in [-0.2, 0) is 0 Å². The number of rotatable bonds is 4. The zero-order chi connectivity index (χ0) is 18.1. The number of carbonyl (C=O) groups excluding carboxylic acids is 1. The van der Waals surface area contributed by atoms with Crippen LogP contribution < -0.4 is 4.90 Å². The number of aromatic hydroxyl groups is 1. The molecule has 0 radical (unpaired) electrons. The van der Waals surface area contributed by atoms with Gasteiger partial charge in [-0.25, -0.2) is 14.4 Å². The summed E-state index contributed by atoms with van der Waals surface area (Å²) in [6.07, 6.45) is 6.26. The lowest BCUT2D eigenvalue weighted by atomic mass is 10.1. The van der Waals surface area contributed by atoms with E-state index in [2.05, 4.69) is 14.9 Å². The lowest BCUT2D eigenvalue weighted by Gasteiger charge is -2.15. The van der Waals surface area contributed by atoms with E-state index in [9.17, 15) is 14.3 Å². The number of aldehydes is 1. The van der Waals surface area contributed by atoms with Gasteiger partial charge in [-0.3, -0.25) is 4.79 Å². The average Bonchev–Trinajstić information content (AvgIpc) is 3.36. The molecule has 26 heavy (non-hydrogen) atoms. The lowest BCUT2D eigenvalue weighted by Crippen LogP contribution is -2.18. The summed E-state index contributed by atoms with van der Waals surface area (Å²) in [5.74, 6) is -0.481. The van der Waals surface area contributed by atoms with Crippen LogP contribution >= 0.6 is 11.3 Å². The molecule has 3 aromatic rings. The molecule has 0 unspecified atom stereocenters. The van der Waals surface area contributed by atoms with Crippen LogP contribution in [0.5, 0.6) is 5.75 Å². The number of halogens is 1. The molecular weight excluding hydrogens is 353 g/mol. The van der Waals surface area contributed by atoms with Gasteiger partial charge in [0.1, 0.15) is 10.8 Å². The summed E-state index contributed by atoms with van der Waals surface area (Å²) >= 11 is 1.38. The van der Waals surface area contributed by atoms with Gasteiger partial charge in [-0.15, -0.1) is 11.3 Å². The summed E-state index contributed by atoms with van der Waals surface area (Å²) in [4.78, 5) is 22.9. The second kappa shape index (κ2) is 6.84. The predicted molar refractivity (Wildman–Crippen MR) is 99.2 cm³/mol. The van der Waals surface area contributed by atoms with E-state index >= 15 is 0 Å². The van der Waals surface area contributed by atoms with Crippen molar-refractivity contribution in [2.75, 3.05) is 18.0 Å². The van der Waals surface area contributed by atoms with Gasteiger partial charge < -0.3 is 10.0 Å². The van der Waals surface area contributed by atoms with E-state index in [-0.39, 0.29) is 5.56 Å². The fourth-order valence-corrected chi connectivity index (χ4v) is 3.93. The van der Waals surface area contributed by atoms with E-state index in [4.69, 9.17) is 0 Å². The maximum atomic E-state index is 13.8. The third kappa shape index (κ3) is 3.06. The summed E-state index contributed by atoms with van der Waals surface area (Å²) in [7, 11) is 0. The van der Waals surface area contributed by atoms with Crippen molar-refractivity contribution >= 4 is 23.4 Å². The molecule has 0 aliphatic carbocycles. The summed E-state index contributed by atoms with van der Waals surface area (Å²) in [5, 5.41) is 10.3. The number of aromatic nitrogens is 2. The minimum atomic E-state index is -0.823. The maximum Gasteiger partial charge on any atom is 0.166 e. The highest BCUT2D eigenvalue weighted by Crippen LogP contribution is 2.35. The van der Waals surface area contributed by atoms with Crippen molar-refractivity contribution in [2.24, 2.45) is 0 Å². The molecule has 5 nitrogen and oxygen atoms in total. The largest absolute Gasteiger partial charge is 0.504 e. The van der Waals surface area contributed by atoms with Crippen LogP contribution in [0.1, 0.15) is 23.2 Å². The summed E-state index contributed by atoms with van der Waals surface area (Å²) in [6, 6.07) is 6.63. The highest BCUT2D eigenvalue weighted by Gasteiger charge is 2.15. The van der Waals surface area contributed by atoms with E-state index in [1.54, 1.807) is 12.4 Å². The lowest BCUT2D eigenvalue weighted by molar-refractivity contribution is 0.112. The molecule has 7 heteroatoms. The number of thiazole rings is 1. The minimum absolute atomic E-state index is 0.0772. The van der Waals surface area contributed by atoms with E-state index in [1.807, 2.05) is 12.1 Å². The van der Waals surface area contributed by atoms with Crippen molar-refractivity contribution < 1.29 is 14.3 Å². The number of pyridine rings is 1. The van der Waals surface area contributed by atoms with Gasteiger partial charge in [-0.2, -0.15) is 0 Å². The van der Waals surface area contributed by atoms with Crippen LogP contribution in [0.25, 0.3) is 21.0 Å². The van der Waals surface area contributed by atoms with Crippen LogP contribution in [0.15, 0.2) is 36.7 Å². The quantitative estimate of drug-likeness (QED) is 0.701. The molecule has 4 rings (SSSR count). The summed E-state index contributed by atoms with van der Waals surface area (Å²) in [5.41, 5.74) is 1.32. The highest BCUT2D eigenvalue weighted by molar-refractivity contribution is 7.18. The molecule has 0 atom stereocenters. The number of nitrogens with zero attached hydrogens (tertiary/aromatic N) is 3. The van der Waals surface area contributed by atoms with Gasteiger partial charge in [0.25, 0.3) is 0 Å². The molecular formula is C19H16FN3O2S. The monoisotopic (exact) mass is 369 g/mol. The smallest absolute Gasteiger partial charge is 0.166 e. The molecule has 1 aromatic carbocycles. The number of hydrogen-bond donors (Lipinski definition) is 1. The first kappa shape index (κ1) is 16.7. The molecule has 0 amide bonds. The molecule has 1 fully saturated rings. The molecule has 0 bridgehead atoms. The van der Waals surface area contributed by atoms with Gasteiger partial charge in [-0.1, -0.05) is 0 Å². The zero-order valence-corrected chi connectivity index (χ0v) is 14.7. The molecule has 1 aliphatic heterocycles. The molecule has 1 saturated heterocycles. The standard InChI is InChI=1S/C19H16FN3O2S/c20-15-8-13(7-14(11-24)18(15)25)16-10-22-19(26-16)12-3-4-17(21-9-12)23-5-1-2-6-23/h3-4,7-11,25H,1-2,5-6H2. The number of anilines is 1. The predicted octanol–water partition coefficient (Wildman–Crippen LogP) is 4.13. The van der Waals surface area contributed by atoms with Gasteiger partial charge in [0.2, 0.25) is 0 Å². The Morgan fingerprint density at radius 3 is 2.62 bits per heavy atom. The molecule has 1 N–H and O–H groups in total. The van der Waals surface area contributed by atoms with Gasteiger partial charge >= 0.3 is 0 Å². The Hall–Kier alpha value is -2.80. The van der Waals surface area contributed by atoms with Crippen molar-refractivity contribution in [3.63, 3.8) is 0 Å². The Morgan fingerprint density at radius 1 is 1.12 bits per heavy atom. The van der Waals surface area contributed by atoms with Crippen molar-refractivity contribution in [2.45, 2.75) is 12.8 Å². The topological polar surface area (TPSA) is 66.3 Å². The Balaban J connectivity index is 1.62. The van der Waals surface area contributed by atoms with Gasteiger partial charge in [0.15, 0.2) is 17.9 Å². The molecule has 3 heterocycles. The Kier molecular flexibility index (Phi) is 4.38. The first-order chi connectivity index (χ1) is 12.7. The van der Waals surface area contributed by atoms with E-state index in [1.165, 1.54) is 36.3 Å². The number of carbonyl (C=O) groups is 1. The Labute approximate surface area is 153 Å². The van der Waals surface area contributed by atoms with Crippen molar-refractivity contribution in [1.29, 1.82) is 0 Å². The van der Waals surface area contributed by atoms with Crippen LogP contribution in [0, 0.1) is 5.82 Å². The van der Waals surface area contributed by atoms with Crippen LogP contribution in [-0.4, -0.2) is 34.5 Å². The second-order valence-electron chi connectivity index (χ2n) is 6.14. The molecule has 0 saturated carbocycles. The van der Waals surface area contributed by atoms with Crippen molar-refractivity contribution in [3.8, 4) is 26.8 Å². The van der Waals surface area contributed by atoms with E-state index < -0.39 is 11.6 Å². The zero-order valence-electron chi connectivity index (χ0n) is 13.9. The maximum absolute atomic E-state index is 13.8. The first-order valence-electron chi connectivity index (χ1n) is 8.31. The Morgan fingerprint density at radius 2 is 1.92 bits per heavy atom. The van der Waals surface area contributed by atoms with Gasteiger partial charge in [-0.05, 0) is 42.7 Å². The number of benzene rings is 1. The van der Waals surface area contributed by atoms with Gasteiger partial charge in [0.05, 0.1) is 10.4 Å². The summed E-state index contributed by atoms with van der Waals surface area (Å²) in [6.45, 7) is 2.08. The van der Waals surface area contributed by atoms with Crippen LogP contribution in [0.2, 0.25) is 0 Å². The number of phenols is 1. The fraction of sp³-hybridized carbons (Fsp3) is 0.211. The summed E-state index contributed by atoms with van der Waals surface area (Å²) < 4.78 is 13.8. The fourth-order valence-electron chi connectivity index (χ4n) is 3.04. The average molecular weight is 369 g/mol. The minimum Gasteiger partial charge on any atom is -0.504 e. The molecule has 2 aromatic heterocycles. The number of hydrogen-bond acceptors (Lipinski definition) is 6. The van der Waals surface area contributed by atoms with Gasteiger partial charge in [0, 0.05) is 31.0 Å². The molecule has 0 spiro atoms. The third-order valence-corrected chi connectivity index (χ3v) is 5.53. The van der Waals surface area contributed by atoms with Crippen LogP contribution in [0.4, 0.5) is 10.2 Å². The van der Waals surface area contributed by atoms with Crippen molar-refractivity contribution in [3.05, 3.63) is 48.0 Å². The van der Waals surface area contributed by atoms with Crippen molar-refractivity contribution in [1.82, 2.24) is 9.97 Å². The Bertz CT molecular complexity index is 950. The van der Waals surface area contributed by atoms with Crippen LogP contribution in [0.3, 0.4) is 0 Å². The van der Waals surface area contributed by atoms with E-state index in [0.717, 1.165) is 29.5 Å².